The van der Waals surface area contributed by atoms with E-state index in [9.17, 15) is 0 Å². The molecule has 3 heteroatoms. The maximum Gasteiger partial charge on any atom is 0.0697 e. The van der Waals surface area contributed by atoms with Crippen molar-refractivity contribution in [3.63, 3.8) is 0 Å². The van der Waals surface area contributed by atoms with E-state index in [4.69, 9.17) is 4.74 Å². The van der Waals surface area contributed by atoms with E-state index in [0.29, 0.717) is 0 Å². The minimum atomic E-state index is 0.266. The Morgan fingerprint density at radius 2 is 1.86 bits per heavy atom. The van der Waals surface area contributed by atoms with Gasteiger partial charge in [-0.3, -0.25) is 0 Å². The highest BCUT2D eigenvalue weighted by Gasteiger charge is 2.40. The molecule has 21 heavy (non-hydrogen) atoms. The van der Waals surface area contributed by atoms with Crippen LogP contribution in [0, 0.1) is 5.92 Å². The molecule has 1 N–H and O–H groups in total. The fourth-order valence-electron chi connectivity index (χ4n) is 4.73. The van der Waals surface area contributed by atoms with Crippen LogP contribution < -0.4 is 5.32 Å². The van der Waals surface area contributed by atoms with Crippen LogP contribution in [0.2, 0.25) is 0 Å². The van der Waals surface area contributed by atoms with E-state index in [2.05, 4.69) is 17.1 Å². The van der Waals surface area contributed by atoms with E-state index < -0.39 is 0 Å². The fourth-order valence-corrected chi connectivity index (χ4v) is 4.73. The summed E-state index contributed by atoms with van der Waals surface area (Å²) in [6, 6.07) is 0.803. The molecule has 0 aromatic carbocycles. The predicted octanol–water partition coefficient (Wildman–Crippen LogP) is 3.19. The van der Waals surface area contributed by atoms with Crippen molar-refractivity contribution >= 4 is 0 Å². The molecule has 2 saturated heterocycles. The van der Waals surface area contributed by atoms with Gasteiger partial charge in [-0.15, -0.1) is 0 Å². The lowest BCUT2D eigenvalue weighted by atomic mass is 9.77. The first kappa shape index (κ1) is 15.8. The SMILES string of the molecule is CCNCC1CCN(C2CCOC3(CCCCC3)C2)CC1. The standard InChI is InChI=1S/C18H34N2O/c1-2-19-15-16-6-11-20(12-7-16)17-8-13-21-18(14-17)9-4-3-5-10-18/h16-17,19H,2-15H2,1H3. The van der Waals surface area contributed by atoms with Gasteiger partial charge in [0.15, 0.2) is 0 Å². The summed E-state index contributed by atoms with van der Waals surface area (Å²) >= 11 is 0. The zero-order valence-electron chi connectivity index (χ0n) is 13.9. The highest BCUT2D eigenvalue weighted by atomic mass is 16.5. The van der Waals surface area contributed by atoms with Gasteiger partial charge in [0.05, 0.1) is 5.60 Å². The lowest BCUT2D eigenvalue weighted by molar-refractivity contribution is -0.126. The van der Waals surface area contributed by atoms with Gasteiger partial charge in [0, 0.05) is 12.6 Å². The predicted molar refractivity (Wildman–Crippen MR) is 87.6 cm³/mol. The fraction of sp³-hybridized carbons (Fsp3) is 1.00. The third-order valence-electron chi connectivity index (χ3n) is 6.08. The highest BCUT2D eigenvalue weighted by molar-refractivity contribution is 4.93. The molecule has 1 unspecified atom stereocenters. The zero-order valence-corrected chi connectivity index (χ0v) is 13.9. The van der Waals surface area contributed by atoms with Crippen LogP contribution >= 0.6 is 0 Å². The van der Waals surface area contributed by atoms with Crippen molar-refractivity contribution < 1.29 is 4.74 Å². The van der Waals surface area contributed by atoms with E-state index in [1.165, 1.54) is 77.4 Å². The molecular weight excluding hydrogens is 260 g/mol. The number of ether oxygens (including phenoxy) is 1. The molecule has 122 valence electrons. The first-order valence-corrected chi connectivity index (χ1v) is 9.40. The number of hydrogen-bond donors (Lipinski definition) is 1. The lowest BCUT2D eigenvalue weighted by Gasteiger charge is -2.48. The van der Waals surface area contributed by atoms with Gasteiger partial charge in [-0.1, -0.05) is 26.2 Å². The summed E-state index contributed by atoms with van der Waals surface area (Å²) in [5, 5.41) is 3.52. The van der Waals surface area contributed by atoms with Crippen molar-refractivity contribution in [1.29, 1.82) is 0 Å². The van der Waals surface area contributed by atoms with Gasteiger partial charge in [0.2, 0.25) is 0 Å². The first-order chi connectivity index (χ1) is 10.3. The number of nitrogens with one attached hydrogen (secondary N) is 1. The molecule has 2 heterocycles. The third-order valence-corrected chi connectivity index (χ3v) is 6.08. The molecule has 2 aliphatic heterocycles. The second-order valence-corrected chi connectivity index (χ2v) is 7.53. The minimum absolute atomic E-state index is 0.266. The van der Waals surface area contributed by atoms with Gasteiger partial charge in [0.1, 0.15) is 0 Å². The first-order valence-electron chi connectivity index (χ1n) is 9.40. The Hall–Kier alpha value is -0.120. The Labute approximate surface area is 130 Å². The van der Waals surface area contributed by atoms with Crippen molar-refractivity contribution in [1.82, 2.24) is 10.2 Å². The van der Waals surface area contributed by atoms with Crippen molar-refractivity contribution in [2.45, 2.75) is 76.4 Å². The normalized spacial score (nSPS) is 31.6. The van der Waals surface area contributed by atoms with E-state index in [1.807, 2.05) is 0 Å². The van der Waals surface area contributed by atoms with Crippen molar-refractivity contribution in [3.05, 3.63) is 0 Å². The Kier molecular flexibility index (Phi) is 5.58. The Morgan fingerprint density at radius 3 is 2.57 bits per heavy atom. The molecule has 0 amide bonds. The number of rotatable bonds is 4. The Morgan fingerprint density at radius 1 is 1.10 bits per heavy atom. The Balaban J connectivity index is 1.48. The topological polar surface area (TPSA) is 24.5 Å². The molecule has 1 aliphatic carbocycles. The number of nitrogens with zero attached hydrogens (tertiary/aromatic N) is 1. The molecule has 0 aromatic heterocycles. The number of piperidine rings is 1. The van der Waals surface area contributed by atoms with Gasteiger partial charge < -0.3 is 15.0 Å². The molecule has 3 nitrogen and oxygen atoms in total. The molecule has 1 saturated carbocycles. The van der Waals surface area contributed by atoms with E-state index >= 15 is 0 Å². The maximum absolute atomic E-state index is 6.27. The second kappa shape index (κ2) is 7.43. The molecule has 0 aromatic rings. The van der Waals surface area contributed by atoms with Crippen LogP contribution in [0.15, 0.2) is 0 Å². The van der Waals surface area contributed by atoms with Crippen molar-refractivity contribution in [3.8, 4) is 0 Å². The summed E-state index contributed by atoms with van der Waals surface area (Å²) in [4.78, 5) is 2.79. The summed E-state index contributed by atoms with van der Waals surface area (Å²) in [6.45, 7) is 8.18. The van der Waals surface area contributed by atoms with Crippen molar-refractivity contribution in [2.24, 2.45) is 5.92 Å². The summed E-state index contributed by atoms with van der Waals surface area (Å²) in [6.07, 6.45) is 12.2. The second-order valence-electron chi connectivity index (χ2n) is 7.53. The van der Waals surface area contributed by atoms with Crippen LogP contribution in [-0.2, 0) is 4.74 Å². The van der Waals surface area contributed by atoms with E-state index in [-0.39, 0.29) is 5.60 Å². The monoisotopic (exact) mass is 294 g/mol. The van der Waals surface area contributed by atoms with E-state index in [1.54, 1.807) is 0 Å². The third kappa shape index (κ3) is 4.00. The summed E-state index contributed by atoms with van der Waals surface area (Å²) in [5.41, 5.74) is 0.266. The van der Waals surface area contributed by atoms with Gasteiger partial charge in [-0.05, 0) is 70.6 Å². The van der Waals surface area contributed by atoms with Gasteiger partial charge >= 0.3 is 0 Å². The largest absolute Gasteiger partial charge is 0.375 e. The molecule has 3 fully saturated rings. The lowest BCUT2D eigenvalue weighted by Crippen LogP contribution is -2.51. The summed E-state index contributed by atoms with van der Waals surface area (Å²) in [5.74, 6) is 0.907. The molecule has 3 aliphatic rings. The molecule has 1 spiro atoms. The van der Waals surface area contributed by atoms with Crippen LogP contribution in [-0.4, -0.2) is 49.3 Å². The number of hydrogen-bond acceptors (Lipinski definition) is 3. The average molecular weight is 294 g/mol. The number of likely N-dealkylation sites (tertiary alicyclic amines) is 1. The summed E-state index contributed by atoms with van der Waals surface area (Å²) in [7, 11) is 0. The van der Waals surface area contributed by atoms with Crippen LogP contribution in [0.4, 0.5) is 0 Å². The van der Waals surface area contributed by atoms with Gasteiger partial charge in [-0.25, -0.2) is 0 Å². The van der Waals surface area contributed by atoms with Gasteiger partial charge in [-0.2, -0.15) is 0 Å². The minimum Gasteiger partial charge on any atom is -0.375 e. The molecule has 0 bridgehead atoms. The Bertz CT molecular complexity index is 301. The van der Waals surface area contributed by atoms with Crippen LogP contribution in [0.3, 0.4) is 0 Å². The molecular formula is C18H34N2O. The highest BCUT2D eigenvalue weighted by Crippen LogP contribution is 2.40. The van der Waals surface area contributed by atoms with Crippen molar-refractivity contribution in [2.75, 3.05) is 32.8 Å². The quantitative estimate of drug-likeness (QED) is 0.862. The van der Waals surface area contributed by atoms with Crippen LogP contribution in [0.1, 0.15) is 64.7 Å². The zero-order chi connectivity index (χ0) is 14.5. The summed E-state index contributed by atoms with van der Waals surface area (Å²) < 4.78 is 6.27. The van der Waals surface area contributed by atoms with E-state index in [0.717, 1.165) is 25.1 Å². The molecule has 1 atom stereocenters. The maximum atomic E-state index is 6.27. The molecule has 0 radical (unpaired) electrons. The van der Waals surface area contributed by atoms with Gasteiger partial charge in [0.25, 0.3) is 0 Å². The smallest absolute Gasteiger partial charge is 0.0697 e. The average Bonchev–Trinajstić information content (AvgIpc) is 2.54. The van der Waals surface area contributed by atoms with Crippen LogP contribution in [0.5, 0.6) is 0 Å². The van der Waals surface area contributed by atoms with Crippen LogP contribution in [0.25, 0.3) is 0 Å². The molecule has 3 rings (SSSR count).